The Morgan fingerprint density at radius 3 is 2.43 bits per heavy atom. The second-order valence-corrected chi connectivity index (χ2v) is 6.23. The largest absolute Gasteiger partial charge is 0.293 e. The van der Waals surface area contributed by atoms with Gasteiger partial charge in [0, 0.05) is 11.0 Å². The van der Waals surface area contributed by atoms with Gasteiger partial charge in [-0.1, -0.05) is 17.7 Å². The normalized spacial score (nSPS) is 12.2. The molecule has 0 fully saturated rings. The van der Waals surface area contributed by atoms with E-state index in [1.165, 1.54) is 0 Å². The fourth-order valence-corrected chi connectivity index (χ4v) is 3.23. The van der Waals surface area contributed by atoms with Gasteiger partial charge in [-0.25, -0.2) is 8.78 Å². The van der Waals surface area contributed by atoms with E-state index in [1.807, 2.05) is 26.0 Å². The topological polar surface area (TPSA) is 34.1 Å². The monoisotopic (exact) mass is 308 g/mol. The molecule has 0 spiro atoms. The van der Waals surface area contributed by atoms with E-state index in [9.17, 15) is 17.8 Å². The number of rotatable bonds is 4. The molecule has 1 unspecified atom stereocenters. The van der Waals surface area contributed by atoms with E-state index in [0.717, 1.165) is 23.3 Å². The van der Waals surface area contributed by atoms with Gasteiger partial charge in [-0.05, 0) is 37.6 Å². The van der Waals surface area contributed by atoms with Gasteiger partial charge in [0.1, 0.15) is 11.6 Å². The summed E-state index contributed by atoms with van der Waals surface area (Å²) in [5.41, 5.74) is 1.61. The number of ketones is 1. The van der Waals surface area contributed by atoms with Crippen molar-refractivity contribution in [3.63, 3.8) is 0 Å². The number of carbonyl (C=O) groups is 1. The van der Waals surface area contributed by atoms with Crippen molar-refractivity contribution in [3.8, 4) is 0 Å². The maximum atomic E-state index is 13.5. The maximum Gasteiger partial charge on any atom is 0.178 e. The fourth-order valence-electron chi connectivity index (χ4n) is 2.04. The Kier molecular flexibility index (Phi) is 4.63. The lowest BCUT2D eigenvalue weighted by atomic mass is 10.1. The number of Topliss-reactive ketones (excluding diaryl/α,β-unsaturated/α-hetero) is 1. The van der Waals surface area contributed by atoms with Crippen LogP contribution in [0.25, 0.3) is 0 Å². The summed E-state index contributed by atoms with van der Waals surface area (Å²) in [6, 6.07) is 8.12. The summed E-state index contributed by atoms with van der Waals surface area (Å²) in [6.45, 7) is 3.72. The molecule has 5 heteroatoms. The molecule has 0 aliphatic rings. The van der Waals surface area contributed by atoms with Gasteiger partial charge in [-0.15, -0.1) is 0 Å². The average molecular weight is 308 g/mol. The first-order valence-corrected chi connectivity index (χ1v) is 7.64. The third-order valence-corrected chi connectivity index (χ3v) is 4.54. The van der Waals surface area contributed by atoms with E-state index in [0.29, 0.717) is 11.0 Å². The second-order valence-electron chi connectivity index (χ2n) is 4.81. The summed E-state index contributed by atoms with van der Waals surface area (Å²) < 4.78 is 38.6. The lowest BCUT2D eigenvalue weighted by Crippen LogP contribution is -2.13. The highest BCUT2D eigenvalue weighted by atomic mass is 32.2. The Hall–Kier alpha value is -1.88. The molecule has 21 heavy (non-hydrogen) atoms. The van der Waals surface area contributed by atoms with Gasteiger partial charge in [0.05, 0.1) is 22.1 Å². The molecule has 0 N–H and O–H groups in total. The Morgan fingerprint density at radius 2 is 1.81 bits per heavy atom. The van der Waals surface area contributed by atoms with Gasteiger partial charge in [0.15, 0.2) is 5.78 Å². The minimum atomic E-state index is -1.56. The van der Waals surface area contributed by atoms with E-state index in [4.69, 9.17) is 0 Å². The molecule has 0 saturated carbocycles. The summed E-state index contributed by atoms with van der Waals surface area (Å²) >= 11 is 0. The zero-order valence-electron chi connectivity index (χ0n) is 11.7. The first-order valence-electron chi connectivity index (χ1n) is 6.32. The van der Waals surface area contributed by atoms with Gasteiger partial charge in [0.2, 0.25) is 0 Å². The van der Waals surface area contributed by atoms with Crippen molar-refractivity contribution in [3.05, 3.63) is 64.7 Å². The molecule has 2 nitrogen and oxygen atoms in total. The van der Waals surface area contributed by atoms with Crippen molar-refractivity contribution >= 4 is 16.6 Å². The summed E-state index contributed by atoms with van der Waals surface area (Å²) in [7, 11) is -1.56. The smallest absolute Gasteiger partial charge is 0.178 e. The van der Waals surface area contributed by atoms with E-state index >= 15 is 0 Å². The predicted octanol–water partition coefficient (Wildman–Crippen LogP) is 3.57. The van der Waals surface area contributed by atoms with Crippen LogP contribution in [0.2, 0.25) is 0 Å². The maximum absolute atomic E-state index is 13.5. The summed E-state index contributed by atoms with van der Waals surface area (Å²) in [5.74, 6) is -2.62. The molecule has 0 heterocycles. The first-order chi connectivity index (χ1) is 9.88. The molecular weight excluding hydrogens is 294 g/mol. The Bertz CT molecular complexity index is 665. The summed E-state index contributed by atoms with van der Waals surface area (Å²) in [5, 5.41) is 0. The molecule has 2 aromatic rings. The van der Waals surface area contributed by atoms with Gasteiger partial charge >= 0.3 is 0 Å². The van der Waals surface area contributed by atoms with Crippen molar-refractivity contribution in [1.29, 1.82) is 0 Å². The van der Waals surface area contributed by atoms with Crippen molar-refractivity contribution in [1.82, 2.24) is 0 Å². The molecule has 0 aromatic heterocycles. The number of hydrogen-bond donors (Lipinski definition) is 0. The third kappa shape index (κ3) is 3.61. The van der Waals surface area contributed by atoms with Crippen molar-refractivity contribution < 1.29 is 17.8 Å². The van der Waals surface area contributed by atoms with Gasteiger partial charge < -0.3 is 0 Å². The van der Waals surface area contributed by atoms with Crippen LogP contribution in [0.4, 0.5) is 8.78 Å². The summed E-state index contributed by atoms with van der Waals surface area (Å²) in [4.78, 5) is 12.5. The number of carbonyl (C=O) groups excluding carboxylic acids is 1. The minimum absolute atomic E-state index is 0.241. The van der Waals surface area contributed by atoms with Crippen LogP contribution in [0.3, 0.4) is 0 Å². The number of benzene rings is 2. The van der Waals surface area contributed by atoms with Crippen molar-refractivity contribution in [2.24, 2.45) is 0 Å². The van der Waals surface area contributed by atoms with E-state index in [-0.39, 0.29) is 11.3 Å². The van der Waals surface area contributed by atoms with Gasteiger partial charge in [0.25, 0.3) is 0 Å². The molecule has 0 saturated heterocycles. The van der Waals surface area contributed by atoms with Gasteiger partial charge in [-0.2, -0.15) is 0 Å². The molecule has 0 aliphatic heterocycles. The van der Waals surface area contributed by atoms with Crippen LogP contribution >= 0.6 is 0 Å². The Morgan fingerprint density at radius 1 is 1.10 bits per heavy atom. The fraction of sp³-hybridized carbons (Fsp3) is 0.188. The third-order valence-electron chi connectivity index (χ3n) is 3.07. The zero-order chi connectivity index (χ0) is 15.6. The van der Waals surface area contributed by atoms with Crippen LogP contribution in [0.1, 0.15) is 21.5 Å². The molecule has 2 rings (SSSR count). The SMILES string of the molecule is Cc1ccc(S(=O)CC(=O)c2ccc(F)cc2F)c(C)c1. The van der Waals surface area contributed by atoms with Gasteiger partial charge in [-0.3, -0.25) is 9.00 Å². The van der Waals surface area contributed by atoms with Crippen LogP contribution < -0.4 is 0 Å². The van der Waals surface area contributed by atoms with Crippen LogP contribution in [-0.2, 0) is 10.8 Å². The van der Waals surface area contributed by atoms with E-state index in [1.54, 1.807) is 6.07 Å². The van der Waals surface area contributed by atoms with Crippen LogP contribution in [0.15, 0.2) is 41.3 Å². The molecule has 2 aromatic carbocycles. The highest BCUT2D eigenvalue weighted by Gasteiger charge is 2.17. The molecule has 0 bridgehead atoms. The zero-order valence-corrected chi connectivity index (χ0v) is 12.5. The summed E-state index contributed by atoms with van der Waals surface area (Å²) in [6.07, 6.45) is 0. The van der Waals surface area contributed by atoms with Crippen molar-refractivity contribution in [2.75, 3.05) is 5.75 Å². The predicted molar refractivity (Wildman–Crippen MR) is 77.9 cm³/mol. The lowest BCUT2D eigenvalue weighted by molar-refractivity contribution is 0.101. The van der Waals surface area contributed by atoms with Crippen LogP contribution in [0.5, 0.6) is 0 Å². The minimum Gasteiger partial charge on any atom is -0.293 e. The van der Waals surface area contributed by atoms with E-state index in [2.05, 4.69) is 0 Å². The van der Waals surface area contributed by atoms with Crippen molar-refractivity contribution in [2.45, 2.75) is 18.7 Å². The Balaban J connectivity index is 2.21. The average Bonchev–Trinajstić information content (AvgIpc) is 2.37. The quantitative estimate of drug-likeness (QED) is 0.809. The number of aryl methyl sites for hydroxylation is 2. The Labute approximate surface area is 124 Å². The standard InChI is InChI=1S/C16H14F2O2S/c1-10-3-6-16(11(2)7-10)21(20)9-15(19)13-5-4-12(17)8-14(13)18/h3-8H,9H2,1-2H3. The number of hydrogen-bond acceptors (Lipinski definition) is 2. The molecule has 0 aliphatic carbocycles. The molecule has 1 atom stereocenters. The van der Waals surface area contributed by atoms with Crippen LogP contribution in [-0.4, -0.2) is 15.7 Å². The molecular formula is C16H14F2O2S. The van der Waals surface area contributed by atoms with E-state index < -0.39 is 28.2 Å². The molecule has 0 amide bonds. The molecule has 110 valence electrons. The number of halogens is 2. The second kappa shape index (κ2) is 6.26. The van der Waals surface area contributed by atoms with Crippen LogP contribution in [0, 0.1) is 25.5 Å². The lowest BCUT2D eigenvalue weighted by Gasteiger charge is -2.07. The highest BCUT2D eigenvalue weighted by molar-refractivity contribution is 7.85. The molecule has 0 radical (unpaired) electrons. The highest BCUT2D eigenvalue weighted by Crippen LogP contribution is 2.17. The first kappa shape index (κ1) is 15.5.